The molecule has 0 fully saturated rings. The van der Waals surface area contributed by atoms with Crippen molar-refractivity contribution < 1.29 is 14.3 Å². The SMILES string of the molecule is CN(C)C(=O)C1CN(C(=O)c2ccc(-n3cncn3)cc2)c2ccccc2O1. The molecule has 142 valence electrons. The normalized spacial score (nSPS) is 15.5. The highest BCUT2D eigenvalue weighted by molar-refractivity contribution is 6.08. The predicted molar refractivity (Wildman–Crippen MR) is 103 cm³/mol. The highest BCUT2D eigenvalue weighted by Gasteiger charge is 2.34. The van der Waals surface area contributed by atoms with Crippen LogP contribution in [-0.4, -0.2) is 58.2 Å². The molecular weight excluding hydrogens is 358 g/mol. The Bertz CT molecular complexity index is 999. The summed E-state index contributed by atoms with van der Waals surface area (Å²) < 4.78 is 7.45. The number of ether oxygens (including phenoxy) is 1. The van der Waals surface area contributed by atoms with Crippen molar-refractivity contribution in [2.24, 2.45) is 0 Å². The van der Waals surface area contributed by atoms with Crippen LogP contribution >= 0.6 is 0 Å². The number of carbonyl (C=O) groups is 2. The number of anilines is 1. The first-order valence-corrected chi connectivity index (χ1v) is 8.78. The maximum atomic E-state index is 13.2. The molecule has 0 aliphatic carbocycles. The van der Waals surface area contributed by atoms with Crippen molar-refractivity contribution >= 4 is 17.5 Å². The molecular formula is C20H19N5O3. The Kier molecular flexibility index (Phi) is 4.52. The van der Waals surface area contributed by atoms with E-state index in [1.807, 2.05) is 18.2 Å². The molecule has 2 aromatic carbocycles. The summed E-state index contributed by atoms with van der Waals surface area (Å²) in [7, 11) is 3.34. The standard InChI is InChI=1S/C20H19N5O3/c1-23(2)20(27)18-11-24(16-5-3-4-6-17(16)28-18)19(26)14-7-9-15(10-8-14)25-13-21-12-22-25/h3-10,12-13,18H,11H2,1-2H3. The number of amides is 2. The third kappa shape index (κ3) is 3.20. The lowest BCUT2D eigenvalue weighted by molar-refractivity contribution is -0.135. The number of hydrogen-bond acceptors (Lipinski definition) is 5. The Balaban J connectivity index is 1.64. The van der Waals surface area contributed by atoms with Gasteiger partial charge >= 0.3 is 0 Å². The van der Waals surface area contributed by atoms with Crippen molar-refractivity contribution in [3.8, 4) is 11.4 Å². The molecule has 4 rings (SSSR count). The number of likely N-dealkylation sites (N-methyl/N-ethyl adjacent to an activating group) is 1. The van der Waals surface area contributed by atoms with Gasteiger partial charge in [0.1, 0.15) is 18.4 Å². The van der Waals surface area contributed by atoms with Crippen LogP contribution in [-0.2, 0) is 4.79 Å². The second-order valence-electron chi connectivity index (χ2n) is 6.61. The van der Waals surface area contributed by atoms with Gasteiger partial charge < -0.3 is 14.5 Å². The van der Waals surface area contributed by atoms with Crippen LogP contribution in [0.2, 0.25) is 0 Å². The van der Waals surface area contributed by atoms with E-state index in [-0.39, 0.29) is 18.4 Å². The lowest BCUT2D eigenvalue weighted by Crippen LogP contribution is -2.50. The van der Waals surface area contributed by atoms with Crippen molar-refractivity contribution in [3.63, 3.8) is 0 Å². The number of para-hydroxylation sites is 2. The third-order valence-corrected chi connectivity index (χ3v) is 4.53. The molecule has 2 heterocycles. The topological polar surface area (TPSA) is 80.6 Å². The van der Waals surface area contributed by atoms with Crippen LogP contribution in [0.5, 0.6) is 5.75 Å². The van der Waals surface area contributed by atoms with E-state index in [2.05, 4.69) is 10.1 Å². The van der Waals surface area contributed by atoms with Crippen LogP contribution in [0.25, 0.3) is 5.69 Å². The summed E-state index contributed by atoms with van der Waals surface area (Å²) in [6.07, 6.45) is 2.29. The molecule has 0 radical (unpaired) electrons. The third-order valence-electron chi connectivity index (χ3n) is 4.53. The van der Waals surface area contributed by atoms with Crippen LogP contribution in [0.15, 0.2) is 61.2 Å². The summed E-state index contributed by atoms with van der Waals surface area (Å²) in [6.45, 7) is 0.150. The maximum Gasteiger partial charge on any atom is 0.265 e. The molecule has 1 aliphatic rings. The molecule has 2 amide bonds. The summed E-state index contributed by atoms with van der Waals surface area (Å²) in [4.78, 5) is 32.6. The number of carbonyl (C=O) groups excluding carboxylic acids is 2. The van der Waals surface area contributed by atoms with Crippen molar-refractivity contribution in [2.45, 2.75) is 6.10 Å². The largest absolute Gasteiger partial charge is 0.476 e. The van der Waals surface area contributed by atoms with Crippen LogP contribution in [0, 0.1) is 0 Å². The molecule has 1 atom stereocenters. The average Bonchev–Trinajstić information content (AvgIpc) is 3.27. The highest BCUT2D eigenvalue weighted by Crippen LogP contribution is 2.34. The van der Waals surface area contributed by atoms with Gasteiger partial charge in [-0.3, -0.25) is 9.59 Å². The lowest BCUT2D eigenvalue weighted by Gasteiger charge is -2.35. The van der Waals surface area contributed by atoms with E-state index in [0.29, 0.717) is 17.0 Å². The number of benzene rings is 2. The number of rotatable bonds is 3. The molecule has 28 heavy (non-hydrogen) atoms. The van der Waals surface area contributed by atoms with Gasteiger partial charge in [0.05, 0.1) is 17.9 Å². The Morgan fingerprint density at radius 3 is 2.54 bits per heavy atom. The lowest BCUT2D eigenvalue weighted by atomic mass is 10.1. The smallest absolute Gasteiger partial charge is 0.265 e. The molecule has 0 N–H and O–H groups in total. The predicted octanol–water partition coefficient (Wildman–Crippen LogP) is 1.76. The van der Waals surface area contributed by atoms with E-state index in [9.17, 15) is 9.59 Å². The summed E-state index contributed by atoms with van der Waals surface area (Å²) >= 11 is 0. The monoisotopic (exact) mass is 377 g/mol. The van der Waals surface area contributed by atoms with Gasteiger partial charge in [0.25, 0.3) is 11.8 Å². The van der Waals surface area contributed by atoms with Crippen molar-refractivity contribution in [2.75, 3.05) is 25.5 Å². The van der Waals surface area contributed by atoms with Gasteiger partial charge in [-0.2, -0.15) is 5.10 Å². The number of aromatic nitrogens is 3. The van der Waals surface area contributed by atoms with Gasteiger partial charge in [0, 0.05) is 19.7 Å². The van der Waals surface area contributed by atoms with E-state index in [0.717, 1.165) is 5.69 Å². The first kappa shape index (κ1) is 17.7. The number of nitrogens with zero attached hydrogens (tertiary/aromatic N) is 5. The van der Waals surface area contributed by atoms with Crippen LogP contribution in [0.1, 0.15) is 10.4 Å². The fourth-order valence-corrected chi connectivity index (χ4v) is 3.10. The van der Waals surface area contributed by atoms with E-state index in [1.54, 1.807) is 60.3 Å². The minimum absolute atomic E-state index is 0.150. The van der Waals surface area contributed by atoms with E-state index >= 15 is 0 Å². The number of fused-ring (bicyclic) bond motifs is 1. The molecule has 1 aromatic heterocycles. The minimum atomic E-state index is -0.747. The van der Waals surface area contributed by atoms with E-state index in [1.165, 1.54) is 11.2 Å². The minimum Gasteiger partial charge on any atom is -0.476 e. The Morgan fingerprint density at radius 2 is 1.86 bits per heavy atom. The Hall–Kier alpha value is -3.68. The zero-order valence-electron chi connectivity index (χ0n) is 15.5. The van der Waals surface area contributed by atoms with Gasteiger partial charge in [-0.05, 0) is 36.4 Å². The zero-order valence-corrected chi connectivity index (χ0v) is 15.5. The molecule has 3 aromatic rings. The summed E-state index contributed by atoms with van der Waals surface area (Å²) in [5.74, 6) is 0.132. The molecule has 0 saturated carbocycles. The second kappa shape index (κ2) is 7.15. The van der Waals surface area contributed by atoms with Crippen LogP contribution in [0.3, 0.4) is 0 Å². The fourth-order valence-electron chi connectivity index (χ4n) is 3.10. The van der Waals surface area contributed by atoms with Crippen LogP contribution in [0.4, 0.5) is 5.69 Å². The first-order valence-electron chi connectivity index (χ1n) is 8.78. The summed E-state index contributed by atoms with van der Waals surface area (Å²) in [5, 5.41) is 4.08. The molecule has 0 spiro atoms. The molecule has 0 saturated heterocycles. The molecule has 8 heteroatoms. The second-order valence-corrected chi connectivity index (χ2v) is 6.61. The maximum absolute atomic E-state index is 13.2. The van der Waals surface area contributed by atoms with Gasteiger partial charge in [0.15, 0.2) is 6.10 Å². The van der Waals surface area contributed by atoms with Crippen molar-refractivity contribution in [1.29, 1.82) is 0 Å². The quantitative estimate of drug-likeness (QED) is 0.695. The van der Waals surface area contributed by atoms with Crippen molar-refractivity contribution in [3.05, 3.63) is 66.7 Å². The molecule has 1 aliphatic heterocycles. The Morgan fingerprint density at radius 1 is 1.11 bits per heavy atom. The fraction of sp³-hybridized carbons (Fsp3) is 0.200. The van der Waals surface area contributed by atoms with E-state index < -0.39 is 6.10 Å². The molecule has 0 bridgehead atoms. The molecule has 1 unspecified atom stereocenters. The van der Waals surface area contributed by atoms with Crippen molar-refractivity contribution in [1.82, 2.24) is 19.7 Å². The van der Waals surface area contributed by atoms with Gasteiger partial charge in [0.2, 0.25) is 0 Å². The average molecular weight is 377 g/mol. The Labute approximate surface area is 162 Å². The van der Waals surface area contributed by atoms with Gasteiger partial charge in [-0.15, -0.1) is 0 Å². The zero-order chi connectivity index (χ0) is 19.7. The van der Waals surface area contributed by atoms with Crippen LogP contribution < -0.4 is 9.64 Å². The van der Waals surface area contributed by atoms with Gasteiger partial charge in [-0.1, -0.05) is 12.1 Å². The summed E-state index contributed by atoms with van der Waals surface area (Å²) in [6, 6.07) is 14.3. The highest BCUT2D eigenvalue weighted by atomic mass is 16.5. The summed E-state index contributed by atoms with van der Waals surface area (Å²) in [5.41, 5.74) is 1.96. The van der Waals surface area contributed by atoms with E-state index in [4.69, 9.17) is 4.74 Å². The molecule has 8 nitrogen and oxygen atoms in total. The van der Waals surface area contributed by atoms with Gasteiger partial charge in [-0.25, -0.2) is 9.67 Å². The number of hydrogen-bond donors (Lipinski definition) is 0. The first-order chi connectivity index (χ1) is 13.5.